The summed E-state index contributed by atoms with van der Waals surface area (Å²) < 4.78 is 16.0. The van der Waals surface area contributed by atoms with Gasteiger partial charge in [-0.3, -0.25) is 9.59 Å². The Kier molecular flexibility index (Phi) is 6.27. The Balaban J connectivity index is 1.34. The fraction of sp³-hybridized carbons (Fsp3) is 0.300. The molecule has 0 fully saturated rings. The highest BCUT2D eigenvalue weighted by molar-refractivity contribution is 5.97. The van der Waals surface area contributed by atoms with E-state index in [1.165, 1.54) is 0 Å². The highest BCUT2D eigenvalue weighted by atomic mass is 16.7. The summed E-state index contributed by atoms with van der Waals surface area (Å²) in [6.07, 6.45) is -0.674. The van der Waals surface area contributed by atoms with Crippen LogP contribution in [0.4, 0.5) is 0 Å². The number of Topliss-reactive ketones (excluding diaryl/α,β-unsaturated/α-hetero) is 1. The predicted octanol–water partition coefficient (Wildman–Crippen LogP) is 1.93. The Hall–Kier alpha value is -3.06. The molecule has 0 saturated carbocycles. The number of hydrogen-bond acceptors (Lipinski definition) is 6. The number of fused-ring (bicyclic) bond motifs is 1. The number of aliphatic hydroxyl groups is 1. The van der Waals surface area contributed by atoms with Gasteiger partial charge in [-0.05, 0) is 12.1 Å². The van der Waals surface area contributed by atoms with Crippen molar-refractivity contribution in [2.24, 2.45) is 0 Å². The molecule has 1 atom stereocenters. The molecule has 7 nitrogen and oxygen atoms in total. The molecule has 1 unspecified atom stereocenters. The van der Waals surface area contributed by atoms with Gasteiger partial charge in [0, 0.05) is 31.0 Å². The van der Waals surface area contributed by atoms with Crippen LogP contribution >= 0.6 is 0 Å². The van der Waals surface area contributed by atoms with Crippen LogP contribution in [0.25, 0.3) is 0 Å². The van der Waals surface area contributed by atoms with Gasteiger partial charge < -0.3 is 24.6 Å². The highest BCUT2D eigenvalue weighted by Crippen LogP contribution is 2.35. The molecule has 3 rings (SSSR count). The van der Waals surface area contributed by atoms with Gasteiger partial charge in [0.2, 0.25) is 12.7 Å². The average molecular weight is 371 g/mol. The number of nitrogens with one attached hydrogen (secondary N) is 1. The molecule has 27 heavy (non-hydrogen) atoms. The van der Waals surface area contributed by atoms with E-state index in [2.05, 4.69) is 5.32 Å². The van der Waals surface area contributed by atoms with E-state index in [1.807, 2.05) is 6.07 Å². The smallest absolute Gasteiger partial charge is 0.231 e. The Labute approximate surface area is 156 Å². The third-order valence-electron chi connectivity index (χ3n) is 4.00. The minimum atomic E-state index is -0.871. The van der Waals surface area contributed by atoms with Crippen LogP contribution in [0.2, 0.25) is 0 Å². The van der Waals surface area contributed by atoms with Gasteiger partial charge in [-0.15, -0.1) is 0 Å². The van der Waals surface area contributed by atoms with Gasteiger partial charge in [0.05, 0.1) is 0 Å². The molecule has 2 aromatic rings. The predicted molar refractivity (Wildman–Crippen MR) is 97.1 cm³/mol. The summed E-state index contributed by atoms with van der Waals surface area (Å²) in [5.74, 6) is 1.41. The summed E-state index contributed by atoms with van der Waals surface area (Å²) in [4.78, 5) is 23.8. The SMILES string of the molecule is O=C(CCC(=O)c1ccccc1)NCC(O)COc1ccc2c(c1)OCO2. The lowest BCUT2D eigenvalue weighted by molar-refractivity contribution is -0.121. The fourth-order valence-electron chi connectivity index (χ4n) is 2.53. The van der Waals surface area contributed by atoms with Crippen molar-refractivity contribution in [1.82, 2.24) is 5.32 Å². The zero-order valence-corrected chi connectivity index (χ0v) is 14.7. The molecule has 0 spiro atoms. The van der Waals surface area contributed by atoms with Crippen LogP contribution in [0.3, 0.4) is 0 Å². The average Bonchev–Trinajstić information content (AvgIpc) is 3.17. The second-order valence-corrected chi connectivity index (χ2v) is 6.07. The van der Waals surface area contributed by atoms with Gasteiger partial charge in [-0.1, -0.05) is 30.3 Å². The van der Waals surface area contributed by atoms with E-state index in [1.54, 1.807) is 42.5 Å². The molecule has 7 heteroatoms. The number of hydrogen-bond donors (Lipinski definition) is 2. The van der Waals surface area contributed by atoms with Crippen molar-refractivity contribution in [3.05, 3.63) is 54.1 Å². The van der Waals surface area contributed by atoms with E-state index in [4.69, 9.17) is 14.2 Å². The second-order valence-electron chi connectivity index (χ2n) is 6.07. The van der Waals surface area contributed by atoms with E-state index in [9.17, 15) is 14.7 Å². The van der Waals surface area contributed by atoms with Crippen LogP contribution in [0.1, 0.15) is 23.2 Å². The summed E-state index contributed by atoms with van der Waals surface area (Å²) in [7, 11) is 0. The number of rotatable bonds is 9. The quantitative estimate of drug-likeness (QED) is 0.654. The van der Waals surface area contributed by atoms with Crippen molar-refractivity contribution in [3.8, 4) is 17.2 Å². The molecular formula is C20H21NO6. The first-order valence-electron chi connectivity index (χ1n) is 8.67. The first kappa shape index (κ1) is 18.7. The fourth-order valence-corrected chi connectivity index (χ4v) is 2.53. The van der Waals surface area contributed by atoms with Crippen molar-refractivity contribution in [3.63, 3.8) is 0 Å². The van der Waals surface area contributed by atoms with Gasteiger partial charge in [-0.25, -0.2) is 0 Å². The maximum atomic E-state index is 12.0. The van der Waals surface area contributed by atoms with Crippen molar-refractivity contribution in [2.45, 2.75) is 18.9 Å². The lowest BCUT2D eigenvalue weighted by Crippen LogP contribution is -2.35. The molecule has 1 aliphatic heterocycles. The van der Waals surface area contributed by atoms with Crippen LogP contribution in [0, 0.1) is 0 Å². The molecule has 2 aromatic carbocycles. The summed E-state index contributed by atoms with van der Waals surface area (Å²) in [5.41, 5.74) is 0.586. The van der Waals surface area contributed by atoms with E-state index < -0.39 is 6.10 Å². The van der Waals surface area contributed by atoms with Crippen LogP contribution in [-0.4, -0.2) is 42.8 Å². The zero-order valence-electron chi connectivity index (χ0n) is 14.7. The van der Waals surface area contributed by atoms with E-state index in [-0.39, 0.29) is 44.5 Å². The number of carbonyl (C=O) groups is 2. The van der Waals surface area contributed by atoms with Crippen LogP contribution in [0.5, 0.6) is 17.2 Å². The van der Waals surface area contributed by atoms with Crippen LogP contribution < -0.4 is 19.5 Å². The summed E-state index contributed by atoms with van der Waals surface area (Å²) in [6, 6.07) is 14.0. The minimum absolute atomic E-state index is 0.0167. The third-order valence-corrected chi connectivity index (χ3v) is 4.00. The molecule has 1 amide bonds. The first-order chi connectivity index (χ1) is 13.1. The third kappa shape index (κ3) is 5.46. The number of ether oxygens (including phenoxy) is 3. The molecule has 1 heterocycles. The molecular weight excluding hydrogens is 350 g/mol. The number of carbonyl (C=O) groups excluding carboxylic acids is 2. The molecule has 0 aliphatic carbocycles. The summed E-state index contributed by atoms with van der Waals surface area (Å²) in [6.45, 7) is 0.242. The minimum Gasteiger partial charge on any atom is -0.491 e. The van der Waals surface area contributed by atoms with E-state index >= 15 is 0 Å². The number of benzene rings is 2. The number of ketones is 1. The molecule has 1 aliphatic rings. The number of aliphatic hydroxyl groups excluding tert-OH is 1. The Morgan fingerprint density at radius 1 is 1.07 bits per heavy atom. The zero-order chi connectivity index (χ0) is 19.1. The second kappa shape index (κ2) is 9.05. The topological polar surface area (TPSA) is 94.1 Å². The van der Waals surface area contributed by atoms with Gasteiger partial charge in [0.25, 0.3) is 0 Å². The normalized spacial score (nSPS) is 13.1. The monoisotopic (exact) mass is 371 g/mol. The number of amides is 1. The Morgan fingerprint density at radius 3 is 2.67 bits per heavy atom. The molecule has 0 bridgehead atoms. The van der Waals surface area contributed by atoms with Crippen LogP contribution in [-0.2, 0) is 4.79 Å². The van der Waals surface area contributed by atoms with E-state index in [0.717, 1.165) is 0 Å². The van der Waals surface area contributed by atoms with Crippen molar-refractivity contribution in [2.75, 3.05) is 19.9 Å². The maximum Gasteiger partial charge on any atom is 0.231 e. The van der Waals surface area contributed by atoms with Crippen molar-refractivity contribution < 1.29 is 28.9 Å². The van der Waals surface area contributed by atoms with Crippen molar-refractivity contribution >= 4 is 11.7 Å². The lowest BCUT2D eigenvalue weighted by Gasteiger charge is -2.13. The summed E-state index contributed by atoms with van der Waals surface area (Å²) >= 11 is 0. The molecule has 0 aromatic heterocycles. The van der Waals surface area contributed by atoms with Gasteiger partial charge in [0.15, 0.2) is 17.3 Å². The molecule has 0 saturated heterocycles. The Morgan fingerprint density at radius 2 is 1.85 bits per heavy atom. The van der Waals surface area contributed by atoms with Crippen LogP contribution in [0.15, 0.2) is 48.5 Å². The van der Waals surface area contributed by atoms with Crippen molar-refractivity contribution in [1.29, 1.82) is 0 Å². The lowest BCUT2D eigenvalue weighted by atomic mass is 10.1. The molecule has 2 N–H and O–H groups in total. The maximum absolute atomic E-state index is 12.0. The van der Waals surface area contributed by atoms with E-state index in [0.29, 0.717) is 22.8 Å². The molecule has 0 radical (unpaired) electrons. The largest absolute Gasteiger partial charge is 0.491 e. The Bertz CT molecular complexity index is 792. The first-order valence-corrected chi connectivity index (χ1v) is 8.67. The van der Waals surface area contributed by atoms with Gasteiger partial charge in [-0.2, -0.15) is 0 Å². The highest BCUT2D eigenvalue weighted by Gasteiger charge is 2.15. The van der Waals surface area contributed by atoms with Gasteiger partial charge >= 0.3 is 0 Å². The standard InChI is InChI=1S/C20H21NO6/c22-15(12-25-16-6-8-18-19(10-16)27-13-26-18)11-21-20(24)9-7-17(23)14-4-2-1-3-5-14/h1-6,8,10,15,22H,7,9,11-13H2,(H,21,24). The molecule has 142 valence electrons. The van der Waals surface area contributed by atoms with Gasteiger partial charge in [0.1, 0.15) is 18.5 Å². The summed E-state index contributed by atoms with van der Waals surface area (Å²) in [5, 5.41) is 12.5.